The number of nitriles is 3. The molecule has 294 valence electrons. The summed E-state index contributed by atoms with van der Waals surface area (Å²) in [5, 5.41) is 42.0. The van der Waals surface area contributed by atoms with Gasteiger partial charge in [0.2, 0.25) is 0 Å². The maximum Gasteiger partial charge on any atom is 0.145 e. The van der Waals surface area contributed by atoms with Crippen LogP contribution in [0.3, 0.4) is 0 Å². The van der Waals surface area contributed by atoms with Crippen LogP contribution in [0.15, 0.2) is 186 Å². The van der Waals surface area contributed by atoms with E-state index in [1.807, 2.05) is 91.0 Å². The fourth-order valence-corrected chi connectivity index (χ4v) is 10.4. The first-order chi connectivity index (χ1) is 31.7. The van der Waals surface area contributed by atoms with Gasteiger partial charge in [0.1, 0.15) is 34.4 Å². The molecular formula is C57H30N6O. The molecule has 0 fully saturated rings. The van der Waals surface area contributed by atoms with Crippen molar-refractivity contribution < 1.29 is 4.42 Å². The summed E-state index contributed by atoms with van der Waals surface area (Å²) in [6, 6.07) is 68.7. The van der Waals surface area contributed by atoms with Crippen LogP contribution >= 0.6 is 0 Å². The fraction of sp³-hybridized carbons (Fsp3) is 0. The summed E-state index contributed by atoms with van der Waals surface area (Å²) in [6.45, 7) is 0. The average Bonchev–Trinajstić information content (AvgIpc) is 4.09. The molecule has 0 aliphatic heterocycles. The van der Waals surface area contributed by atoms with E-state index in [2.05, 4.69) is 111 Å². The maximum atomic E-state index is 12.0. The lowest BCUT2D eigenvalue weighted by Crippen LogP contribution is -2.14. The van der Waals surface area contributed by atoms with Gasteiger partial charge in [-0.25, -0.2) is 0 Å². The Morgan fingerprint density at radius 1 is 0.344 bits per heavy atom. The molecule has 0 radical (unpaired) electrons. The van der Waals surface area contributed by atoms with E-state index in [0.29, 0.717) is 39.3 Å². The topological polar surface area (TPSA) is 99.3 Å². The van der Waals surface area contributed by atoms with Crippen LogP contribution in [-0.4, -0.2) is 13.7 Å². The lowest BCUT2D eigenvalue weighted by atomic mass is 9.91. The summed E-state index contributed by atoms with van der Waals surface area (Å²) < 4.78 is 13.2. The van der Waals surface area contributed by atoms with Crippen molar-refractivity contribution in [1.82, 2.24) is 13.7 Å². The highest BCUT2D eigenvalue weighted by Crippen LogP contribution is 2.49. The van der Waals surface area contributed by atoms with Gasteiger partial charge in [-0.05, 0) is 66.2 Å². The van der Waals surface area contributed by atoms with E-state index in [-0.39, 0.29) is 0 Å². The summed E-state index contributed by atoms with van der Waals surface area (Å²) in [6.07, 6.45) is 0. The quantitative estimate of drug-likeness (QED) is 0.177. The minimum atomic E-state index is 0.319. The van der Waals surface area contributed by atoms with Gasteiger partial charge in [-0.15, -0.1) is 0 Å². The summed E-state index contributed by atoms with van der Waals surface area (Å²) in [4.78, 5) is 0. The van der Waals surface area contributed by atoms with Crippen molar-refractivity contribution in [1.29, 1.82) is 15.8 Å². The third-order valence-electron chi connectivity index (χ3n) is 13.0. The van der Waals surface area contributed by atoms with Crippen molar-refractivity contribution >= 4 is 87.4 Å². The van der Waals surface area contributed by atoms with Gasteiger partial charge in [0.05, 0.1) is 67.2 Å². The largest absolute Gasteiger partial charge is 0.455 e. The molecule has 4 aromatic heterocycles. The van der Waals surface area contributed by atoms with Crippen molar-refractivity contribution in [3.8, 4) is 46.4 Å². The number of hydrogen-bond acceptors (Lipinski definition) is 4. The number of para-hydroxylation sites is 6. The molecule has 64 heavy (non-hydrogen) atoms. The van der Waals surface area contributed by atoms with Crippen molar-refractivity contribution in [2.75, 3.05) is 0 Å². The van der Waals surface area contributed by atoms with Crippen LogP contribution in [0.5, 0.6) is 0 Å². The van der Waals surface area contributed by atoms with Crippen LogP contribution < -0.4 is 0 Å². The molecule has 0 aliphatic carbocycles. The molecule has 0 aliphatic rings. The van der Waals surface area contributed by atoms with Gasteiger partial charge in [-0.1, -0.05) is 121 Å². The number of aromatic nitrogens is 3. The normalized spacial score (nSPS) is 11.7. The van der Waals surface area contributed by atoms with E-state index in [4.69, 9.17) is 4.42 Å². The van der Waals surface area contributed by atoms with E-state index in [1.165, 1.54) is 0 Å². The van der Waals surface area contributed by atoms with Gasteiger partial charge in [0.25, 0.3) is 0 Å². The van der Waals surface area contributed by atoms with Gasteiger partial charge >= 0.3 is 0 Å². The zero-order valence-corrected chi connectivity index (χ0v) is 33.9. The Labute approximate surface area is 364 Å². The zero-order valence-electron chi connectivity index (χ0n) is 33.9. The molecule has 4 heterocycles. The van der Waals surface area contributed by atoms with Crippen molar-refractivity contribution in [3.63, 3.8) is 0 Å². The predicted molar refractivity (Wildman–Crippen MR) is 256 cm³/mol. The molecule has 0 N–H and O–H groups in total. The van der Waals surface area contributed by atoms with Gasteiger partial charge in [-0.3, -0.25) is 0 Å². The number of nitrogens with zero attached hydrogens (tertiary/aromatic N) is 6. The van der Waals surface area contributed by atoms with E-state index in [9.17, 15) is 15.8 Å². The van der Waals surface area contributed by atoms with Gasteiger partial charge in [0.15, 0.2) is 0 Å². The third kappa shape index (κ3) is 4.66. The Bertz CT molecular complexity index is 4030. The minimum Gasteiger partial charge on any atom is -0.455 e. The molecule has 7 nitrogen and oxygen atoms in total. The van der Waals surface area contributed by atoms with Crippen LogP contribution in [-0.2, 0) is 0 Å². The number of rotatable bonds is 4. The second kappa shape index (κ2) is 13.3. The van der Waals surface area contributed by atoms with Gasteiger partial charge in [0, 0.05) is 43.3 Å². The first kappa shape index (κ1) is 35.4. The summed E-state index contributed by atoms with van der Waals surface area (Å²) in [5.41, 5.74) is 11.0. The van der Waals surface area contributed by atoms with Crippen LogP contribution in [0.2, 0.25) is 0 Å². The summed E-state index contributed by atoms with van der Waals surface area (Å²) in [5.74, 6) is 0. The first-order valence-electron chi connectivity index (χ1n) is 21.0. The van der Waals surface area contributed by atoms with E-state index in [1.54, 1.807) is 12.1 Å². The molecule has 0 saturated heterocycles. The lowest BCUT2D eigenvalue weighted by Gasteiger charge is -2.26. The van der Waals surface area contributed by atoms with Crippen LogP contribution in [0.25, 0.3) is 116 Å². The number of fused-ring (bicyclic) bond motifs is 13. The molecule has 13 aromatic rings. The molecule has 0 saturated carbocycles. The van der Waals surface area contributed by atoms with E-state index >= 15 is 0 Å². The van der Waals surface area contributed by atoms with Crippen LogP contribution in [0.4, 0.5) is 0 Å². The molecule has 13 rings (SSSR count). The maximum absolute atomic E-state index is 12.0. The molecular weight excluding hydrogens is 785 g/mol. The standard InChI is InChI=1S/C57H30N6O/c58-31-34-25-27-35(28-26-34)52-55(61-45-19-7-1-13-36(45)37-14-2-8-20-46(37)61)43(32-59)54(44(33-60)56(52)62-47-21-9-3-15-38(47)39-16-4-10-22-48(39)62)63-49-23-11-5-18-42(49)53-50(63)30-29-41-40-17-6-12-24-51(40)64-57(41)53/h1-30H. The number of hydrogen-bond donors (Lipinski definition) is 0. The molecule has 0 spiro atoms. The minimum absolute atomic E-state index is 0.319. The predicted octanol–water partition coefficient (Wildman–Crippen LogP) is 14.2. The second-order valence-corrected chi connectivity index (χ2v) is 16.1. The molecule has 0 bridgehead atoms. The lowest BCUT2D eigenvalue weighted by molar-refractivity contribution is 0.673. The fourth-order valence-electron chi connectivity index (χ4n) is 10.4. The Balaban J connectivity index is 1.33. The molecule has 0 atom stereocenters. The number of benzene rings is 9. The highest BCUT2D eigenvalue weighted by atomic mass is 16.3. The van der Waals surface area contributed by atoms with E-state index < -0.39 is 0 Å². The second-order valence-electron chi connectivity index (χ2n) is 16.1. The van der Waals surface area contributed by atoms with Crippen molar-refractivity contribution in [2.24, 2.45) is 0 Å². The highest BCUT2D eigenvalue weighted by Gasteiger charge is 2.33. The summed E-state index contributed by atoms with van der Waals surface area (Å²) in [7, 11) is 0. The zero-order chi connectivity index (χ0) is 42.6. The molecule has 9 aromatic carbocycles. The smallest absolute Gasteiger partial charge is 0.145 e. The molecule has 0 amide bonds. The summed E-state index contributed by atoms with van der Waals surface area (Å²) >= 11 is 0. The van der Waals surface area contributed by atoms with Crippen molar-refractivity contribution in [2.45, 2.75) is 0 Å². The first-order valence-corrected chi connectivity index (χ1v) is 21.0. The Morgan fingerprint density at radius 3 is 1.25 bits per heavy atom. The van der Waals surface area contributed by atoms with Gasteiger partial charge in [-0.2, -0.15) is 15.8 Å². The SMILES string of the molecule is N#Cc1ccc(-c2c(-n3c4ccccc4c4ccccc43)c(C#N)c(-n3c4ccccc4c4c5oc6ccccc6c5ccc43)c(C#N)c2-n2c3ccccc3c3ccccc32)cc1. The van der Waals surface area contributed by atoms with Crippen LogP contribution in [0.1, 0.15) is 16.7 Å². The van der Waals surface area contributed by atoms with Crippen molar-refractivity contribution in [3.05, 3.63) is 199 Å². The monoisotopic (exact) mass is 814 g/mol. The Kier molecular flexibility index (Phi) is 7.37. The third-order valence-corrected chi connectivity index (χ3v) is 13.0. The molecule has 7 heteroatoms. The highest BCUT2D eigenvalue weighted by molar-refractivity contribution is 6.24. The average molecular weight is 815 g/mol. The molecule has 0 unspecified atom stereocenters. The van der Waals surface area contributed by atoms with Crippen LogP contribution in [0, 0.1) is 34.0 Å². The van der Waals surface area contributed by atoms with Gasteiger partial charge < -0.3 is 18.1 Å². The Morgan fingerprint density at radius 2 is 0.766 bits per heavy atom. The number of furan rings is 1. The Hall–Kier alpha value is -9.35. The van der Waals surface area contributed by atoms with E-state index in [0.717, 1.165) is 92.9 Å².